The van der Waals surface area contributed by atoms with E-state index in [1.807, 2.05) is 32.9 Å². The van der Waals surface area contributed by atoms with E-state index in [1.54, 1.807) is 6.07 Å². The van der Waals surface area contributed by atoms with Gasteiger partial charge in [0.25, 0.3) is 0 Å². The van der Waals surface area contributed by atoms with Crippen LogP contribution in [0.2, 0.25) is 0 Å². The quantitative estimate of drug-likeness (QED) is 0.620. The Labute approximate surface area is 166 Å². The molecule has 0 bridgehead atoms. The van der Waals surface area contributed by atoms with E-state index in [-0.39, 0.29) is 42.8 Å². The van der Waals surface area contributed by atoms with E-state index in [4.69, 9.17) is 15.2 Å². The maximum atomic E-state index is 12.2. The molecule has 152 valence electrons. The minimum Gasteiger partial charge on any atom is -0.489 e. The average Bonchev–Trinajstić information content (AvgIpc) is 3.12. The largest absolute Gasteiger partial charge is 0.489 e. The number of hydrogen-bond donors (Lipinski definition) is 3. The number of amides is 2. The number of anilines is 1. The van der Waals surface area contributed by atoms with Crippen LogP contribution in [0, 0.1) is 12.8 Å². The molecule has 1 saturated heterocycles. The number of benzene rings is 1. The molecule has 1 aromatic carbocycles. The number of halogens is 1. The van der Waals surface area contributed by atoms with E-state index < -0.39 is 6.04 Å². The molecule has 0 saturated carbocycles. The van der Waals surface area contributed by atoms with Crippen molar-refractivity contribution in [3.8, 4) is 5.75 Å². The molecular weight excluding hydrogens is 370 g/mol. The zero-order valence-corrected chi connectivity index (χ0v) is 16.9. The van der Waals surface area contributed by atoms with Gasteiger partial charge >= 0.3 is 0 Å². The number of nitrogens with one attached hydrogen (secondary N) is 2. The van der Waals surface area contributed by atoms with E-state index >= 15 is 0 Å². The Morgan fingerprint density at radius 2 is 2.11 bits per heavy atom. The summed E-state index contributed by atoms with van der Waals surface area (Å²) in [7, 11) is 0. The van der Waals surface area contributed by atoms with Gasteiger partial charge in [-0.05, 0) is 43.4 Å². The molecule has 4 N–H and O–H groups in total. The van der Waals surface area contributed by atoms with Crippen LogP contribution >= 0.6 is 12.4 Å². The molecule has 0 aromatic heterocycles. The lowest BCUT2D eigenvalue weighted by Gasteiger charge is -2.17. The molecule has 8 heteroatoms. The number of aryl methyl sites for hydroxylation is 1. The maximum Gasteiger partial charge on any atom is 0.243 e. The maximum absolute atomic E-state index is 12.2. The third-order valence-electron chi connectivity index (χ3n) is 4.30. The first-order valence-electron chi connectivity index (χ1n) is 9.05. The van der Waals surface area contributed by atoms with Crippen LogP contribution in [0.4, 0.5) is 5.69 Å². The smallest absolute Gasteiger partial charge is 0.243 e. The lowest BCUT2D eigenvalue weighted by molar-refractivity contribution is -0.125. The Bertz CT molecular complexity index is 633. The van der Waals surface area contributed by atoms with Crippen molar-refractivity contribution in [1.29, 1.82) is 0 Å². The van der Waals surface area contributed by atoms with Gasteiger partial charge in [-0.25, -0.2) is 0 Å². The molecular formula is C19H30ClN3O4. The third kappa shape index (κ3) is 7.36. The summed E-state index contributed by atoms with van der Waals surface area (Å²) in [6.07, 6.45) is 2.12. The first-order valence-corrected chi connectivity index (χ1v) is 9.05. The second kappa shape index (κ2) is 11.1. The fraction of sp³-hybridized carbons (Fsp3) is 0.579. The van der Waals surface area contributed by atoms with Gasteiger partial charge in [-0.2, -0.15) is 0 Å². The van der Waals surface area contributed by atoms with Crippen molar-refractivity contribution in [2.24, 2.45) is 11.7 Å². The van der Waals surface area contributed by atoms with Gasteiger partial charge in [0.05, 0.1) is 24.4 Å². The van der Waals surface area contributed by atoms with E-state index in [0.29, 0.717) is 18.0 Å². The molecule has 0 spiro atoms. The summed E-state index contributed by atoms with van der Waals surface area (Å²) >= 11 is 0. The number of carbonyl (C=O) groups excluding carboxylic acids is 2. The molecule has 2 amide bonds. The summed E-state index contributed by atoms with van der Waals surface area (Å²) in [4.78, 5) is 24.0. The van der Waals surface area contributed by atoms with Crippen molar-refractivity contribution in [3.63, 3.8) is 0 Å². The summed E-state index contributed by atoms with van der Waals surface area (Å²) in [5.74, 6) is -0.0685. The number of rotatable bonds is 8. The first kappa shape index (κ1) is 23.2. The van der Waals surface area contributed by atoms with Gasteiger partial charge in [-0.3, -0.25) is 9.59 Å². The summed E-state index contributed by atoms with van der Waals surface area (Å²) < 4.78 is 11.4. The van der Waals surface area contributed by atoms with Gasteiger partial charge in [0.15, 0.2) is 0 Å². The van der Waals surface area contributed by atoms with Crippen LogP contribution in [-0.4, -0.2) is 43.7 Å². The highest BCUT2D eigenvalue weighted by molar-refractivity contribution is 5.96. The summed E-state index contributed by atoms with van der Waals surface area (Å²) in [5.41, 5.74) is 7.36. The predicted octanol–water partition coefficient (Wildman–Crippen LogP) is 2.01. The molecule has 1 aliphatic rings. The van der Waals surface area contributed by atoms with Crippen LogP contribution in [0.1, 0.15) is 32.3 Å². The Balaban J connectivity index is 0.00000364. The Morgan fingerprint density at radius 3 is 2.74 bits per heavy atom. The van der Waals surface area contributed by atoms with E-state index in [1.165, 1.54) is 0 Å². The highest BCUT2D eigenvalue weighted by Gasteiger charge is 2.19. The first-order chi connectivity index (χ1) is 12.4. The topological polar surface area (TPSA) is 103 Å². The van der Waals surface area contributed by atoms with Crippen LogP contribution in [0.5, 0.6) is 5.75 Å². The Hall–Kier alpha value is -1.83. The van der Waals surface area contributed by atoms with Gasteiger partial charge in [0.2, 0.25) is 11.8 Å². The SMILES string of the molecule is Cc1ccc(NC(=O)CNC(=O)[C@@H](N)C(C)C)c(OCC2CCCO2)c1.Cl. The fourth-order valence-corrected chi connectivity index (χ4v) is 2.59. The van der Waals surface area contributed by atoms with Crippen LogP contribution < -0.4 is 21.1 Å². The van der Waals surface area contributed by atoms with E-state index in [2.05, 4.69) is 10.6 Å². The molecule has 2 rings (SSSR count). The number of ether oxygens (including phenoxy) is 2. The van der Waals surface area contributed by atoms with Crippen LogP contribution in [-0.2, 0) is 14.3 Å². The van der Waals surface area contributed by atoms with Crippen molar-refractivity contribution < 1.29 is 19.1 Å². The van der Waals surface area contributed by atoms with Gasteiger partial charge in [0.1, 0.15) is 12.4 Å². The van der Waals surface area contributed by atoms with Gasteiger partial charge in [-0.15, -0.1) is 12.4 Å². The monoisotopic (exact) mass is 399 g/mol. The minimum atomic E-state index is -0.632. The summed E-state index contributed by atoms with van der Waals surface area (Å²) in [5, 5.41) is 5.33. The highest BCUT2D eigenvalue weighted by atomic mass is 35.5. The molecule has 1 fully saturated rings. The predicted molar refractivity (Wildman–Crippen MR) is 107 cm³/mol. The Morgan fingerprint density at radius 1 is 1.37 bits per heavy atom. The standard InChI is InChI=1S/C19H29N3O4.ClH/c1-12(2)18(20)19(24)21-10-17(23)22-15-7-6-13(3)9-16(15)26-11-14-5-4-8-25-14;/h6-7,9,12,14,18H,4-5,8,10-11,20H2,1-3H3,(H,21,24)(H,22,23);1H/t14?,18-;/m0./s1. The lowest BCUT2D eigenvalue weighted by Crippen LogP contribution is -2.46. The van der Waals surface area contributed by atoms with Crippen LogP contribution in [0.3, 0.4) is 0 Å². The van der Waals surface area contributed by atoms with Crippen molar-refractivity contribution in [3.05, 3.63) is 23.8 Å². The normalized spacial score (nSPS) is 17.1. The zero-order valence-electron chi connectivity index (χ0n) is 16.1. The molecule has 1 aliphatic heterocycles. The highest BCUT2D eigenvalue weighted by Crippen LogP contribution is 2.26. The van der Waals surface area contributed by atoms with Crippen molar-refractivity contribution >= 4 is 29.9 Å². The molecule has 1 unspecified atom stereocenters. The second-order valence-electron chi connectivity index (χ2n) is 6.98. The average molecular weight is 400 g/mol. The summed E-state index contributed by atoms with van der Waals surface area (Å²) in [6, 6.07) is 4.92. The van der Waals surface area contributed by atoms with Crippen LogP contribution in [0.25, 0.3) is 0 Å². The molecule has 0 radical (unpaired) electrons. The third-order valence-corrected chi connectivity index (χ3v) is 4.30. The zero-order chi connectivity index (χ0) is 19.1. The minimum absolute atomic E-state index is 0. The van der Waals surface area contributed by atoms with Gasteiger partial charge < -0.3 is 25.8 Å². The molecule has 0 aliphatic carbocycles. The van der Waals surface area contributed by atoms with E-state index in [9.17, 15) is 9.59 Å². The van der Waals surface area contributed by atoms with Crippen molar-refractivity contribution in [1.82, 2.24) is 5.32 Å². The fourth-order valence-electron chi connectivity index (χ4n) is 2.59. The number of nitrogens with two attached hydrogens (primary N) is 1. The molecule has 2 atom stereocenters. The van der Waals surface area contributed by atoms with Gasteiger partial charge in [-0.1, -0.05) is 19.9 Å². The number of carbonyl (C=O) groups is 2. The number of hydrogen-bond acceptors (Lipinski definition) is 5. The molecule has 1 aromatic rings. The van der Waals surface area contributed by atoms with E-state index in [0.717, 1.165) is 25.0 Å². The van der Waals surface area contributed by atoms with Crippen molar-refractivity contribution in [2.75, 3.05) is 25.1 Å². The van der Waals surface area contributed by atoms with Crippen LogP contribution in [0.15, 0.2) is 18.2 Å². The van der Waals surface area contributed by atoms with Crippen molar-refractivity contribution in [2.45, 2.75) is 45.8 Å². The second-order valence-corrected chi connectivity index (χ2v) is 6.98. The lowest BCUT2D eigenvalue weighted by atomic mass is 10.1. The van der Waals surface area contributed by atoms with Gasteiger partial charge in [0, 0.05) is 6.61 Å². The molecule has 7 nitrogen and oxygen atoms in total. The Kier molecular flexibility index (Phi) is 9.55. The molecule has 1 heterocycles. The summed E-state index contributed by atoms with van der Waals surface area (Å²) in [6.45, 7) is 6.74. The molecule has 27 heavy (non-hydrogen) atoms.